The van der Waals surface area contributed by atoms with Crippen LogP contribution in [-0.2, 0) is 0 Å². The molecular formula is C19H24N6OS. The normalized spacial score (nSPS) is 19.1. The van der Waals surface area contributed by atoms with Crippen LogP contribution < -0.4 is 16.4 Å². The fourth-order valence-electron chi connectivity index (χ4n) is 3.99. The Kier molecular flexibility index (Phi) is 4.30. The molecule has 27 heavy (non-hydrogen) atoms. The van der Waals surface area contributed by atoms with Gasteiger partial charge in [-0.1, -0.05) is 6.42 Å². The van der Waals surface area contributed by atoms with Crippen molar-refractivity contribution in [3.8, 4) is 0 Å². The van der Waals surface area contributed by atoms with E-state index in [2.05, 4.69) is 11.1 Å². The number of carbonyl (C=O) groups excluding carboxylic acids is 1. The van der Waals surface area contributed by atoms with E-state index in [1.165, 1.54) is 17.8 Å². The number of nitrogens with zero attached hydrogens (tertiary/aromatic N) is 4. The Bertz CT molecular complexity index is 954. The topological polar surface area (TPSA) is 100 Å². The summed E-state index contributed by atoms with van der Waals surface area (Å²) in [6.45, 7) is 0. The van der Waals surface area contributed by atoms with Gasteiger partial charge in [-0.2, -0.15) is 4.99 Å². The average molecular weight is 385 g/mol. The molecule has 8 heteroatoms. The lowest BCUT2D eigenvalue weighted by atomic mass is 9.87. The zero-order valence-corrected chi connectivity index (χ0v) is 16.4. The lowest BCUT2D eigenvalue weighted by Crippen LogP contribution is -2.58. The third-order valence-electron chi connectivity index (χ3n) is 5.23. The number of hydrogen-bond donors (Lipinski definition) is 2. The van der Waals surface area contributed by atoms with Gasteiger partial charge in [0.15, 0.2) is 0 Å². The van der Waals surface area contributed by atoms with Gasteiger partial charge < -0.3 is 16.4 Å². The van der Waals surface area contributed by atoms with Crippen molar-refractivity contribution in [1.29, 1.82) is 0 Å². The Balaban J connectivity index is 1.78. The molecule has 1 aliphatic heterocycles. The molecule has 1 aromatic carbocycles. The molecule has 0 bridgehead atoms. The molecular weight excluding hydrogens is 360 g/mol. The molecule has 0 radical (unpaired) electrons. The van der Waals surface area contributed by atoms with Gasteiger partial charge in [0.25, 0.3) is 5.91 Å². The molecule has 0 unspecified atom stereocenters. The van der Waals surface area contributed by atoms with Crippen LogP contribution in [0.25, 0.3) is 10.1 Å². The molecule has 0 atom stereocenters. The summed E-state index contributed by atoms with van der Waals surface area (Å²) >= 11 is 1.50. The molecule has 1 fully saturated rings. The van der Waals surface area contributed by atoms with Crippen LogP contribution in [0, 0.1) is 0 Å². The zero-order chi connectivity index (χ0) is 19.2. The molecule has 2 heterocycles. The van der Waals surface area contributed by atoms with E-state index in [1.54, 1.807) is 19.0 Å². The molecule has 2 aliphatic rings. The van der Waals surface area contributed by atoms with E-state index in [4.69, 9.17) is 16.5 Å². The Morgan fingerprint density at radius 2 is 1.93 bits per heavy atom. The van der Waals surface area contributed by atoms with Crippen LogP contribution in [-0.4, -0.2) is 42.5 Å². The van der Waals surface area contributed by atoms with Gasteiger partial charge in [0.1, 0.15) is 5.66 Å². The fraction of sp³-hybridized carbons (Fsp3) is 0.421. The van der Waals surface area contributed by atoms with Crippen molar-refractivity contribution in [1.82, 2.24) is 4.90 Å². The van der Waals surface area contributed by atoms with Crippen molar-refractivity contribution in [3.05, 3.63) is 29.1 Å². The number of nitrogens with two attached hydrogens (primary N) is 2. The molecule has 0 saturated heterocycles. The first kappa shape index (κ1) is 17.8. The summed E-state index contributed by atoms with van der Waals surface area (Å²) in [5.74, 6) is 0.641. The van der Waals surface area contributed by atoms with Crippen molar-refractivity contribution in [3.63, 3.8) is 0 Å². The fourth-order valence-corrected chi connectivity index (χ4v) is 5.05. The van der Waals surface area contributed by atoms with Gasteiger partial charge in [0, 0.05) is 24.5 Å². The minimum atomic E-state index is -0.458. The second-order valence-corrected chi connectivity index (χ2v) is 8.43. The molecule has 1 aromatic heterocycles. The maximum atomic E-state index is 12.3. The van der Waals surface area contributed by atoms with Crippen LogP contribution in [0.4, 0.5) is 5.69 Å². The van der Waals surface area contributed by atoms with Gasteiger partial charge in [-0.3, -0.25) is 9.69 Å². The van der Waals surface area contributed by atoms with E-state index >= 15 is 0 Å². The lowest BCUT2D eigenvalue weighted by Gasteiger charge is -2.45. The van der Waals surface area contributed by atoms with Crippen molar-refractivity contribution >= 4 is 44.9 Å². The number of thiophene rings is 1. The number of hydrogen-bond acceptors (Lipinski definition) is 7. The first-order valence-corrected chi connectivity index (χ1v) is 9.96. The number of rotatable bonds is 2. The van der Waals surface area contributed by atoms with E-state index in [0.29, 0.717) is 5.96 Å². The van der Waals surface area contributed by atoms with Crippen LogP contribution in [0.2, 0.25) is 0 Å². The summed E-state index contributed by atoms with van der Waals surface area (Å²) in [4.78, 5) is 25.6. The van der Waals surface area contributed by atoms with Crippen LogP contribution in [0.5, 0.6) is 0 Å². The predicted molar refractivity (Wildman–Crippen MR) is 111 cm³/mol. The van der Waals surface area contributed by atoms with Crippen molar-refractivity contribution in [2.24, 2.45) is 21.5 Å². The van der Waals surface area contributed by atoms with Crippen molar-refractivity contribution in [2.75, 3.05) is 19.0 Å². The summed E-state index contributed by atoms with van der Waals surface area (Å²) in [5, 5.41) is 1.02. The first-order valence-electron chi connectivity index (χ1n) is 9.15. The standard InChI is InChI=1S/C19H24N6OS/c1-24(2)16(26)15-11-12-10-13(6-7-14(12)27-15)25-18(21)22-17(20)23-19(25)8-4-3-5-9-19/h6-7,10-11H,3-5,8-9H2,1-2H3,(H4,20,21,22,23). The van der Waals surface area contributed by atoms with Crippen LogP contribution in [0.3, 0.4) is 0 Å². The quantitative estimate of drug-likeness (QED) is 0.831. The summed E-state index contributed by atoms with van der Waals surface area (Å²) in [6.07, 6.45) is 5.17. The highest BCUT2D eigenvalue weighted by Crippen LogP contribution is 2.40. The summed E-state index contributed by atoms with van der Waals surface area (Å²) < 4.78 is 1.07. The van der Waals surface area contributed by atoms with Gasteiger partial charge in [-0.05, 0) is 55.3 Å². The largest absolute Gasteiger partial charge is 0.369 e. The highest BCUT2D eigenvalue weighted by atomic mass is 32.1. The van der Waals surface area contributed by atoms with Gasteiger partial charge in [0.05, 0.1) is 4.88 Å². The number of anilines is 1. The third kappa shape index (κ3) is 3.03. The molecule has 4 N–H and O–H groups in total. The highest BCUT2D eigenvalue weighted by Gasteiger charge is 2.42. The summed E-state index contributed by atoms with van der Waals surface area (Å²) in [6, 6.07) is 8.06. The SMILES string of the molecule is CN(C)C(=O)c1cc2cc(N3C(N)=NC(N)=NC34CCCCC4)ccc2s1. The second-order valence-electron chi connectivity index (χ2n) is 7.35. The van der Waals surface area contributed by atoms with E-state index in [0.717, 1.165) is 46.3 Å². The van der Waals surface area contributed by atoms with Gasteiger partial charge in [0.2, 0.25) is 11.9 Å². The van der Waals surface area contributed by atoms with E-state index in [-0.39, 0.29) is 11.9 Å². The minimum Gasteiger partial charge on any atom is -0.369 e. The number of benzene rings is 1. The van der Waals surface area contributed by atoms with Crippen molar-refractivity contribution < 1.29 is 4.79 Å². The first-order chi connectivity index (χ1) is 12.9. The Morgan fingerprint density at radius 3 is 2.63 bits per heavy atom. The smallest absolute Gasteiger partial charge is 0.263 e. The number of guanidine groups is 2. The minimum absolute atomic E-state index is 0.0120. The zero-order valence-electron chi connectivity index (χ0n) is 15.6. The molecule has 142 valence electrons. The van der Waals surface area contributed by atoms with Crippen LogP contribution in [0.1, 0.15) is 41.8 Å². The van der Waals surface area contributed by atoms with Crippen LogP contribution >= 0.6 is 11.3 Å². The Labute approximate surface area is 162 Å². The third-order valence-corrected chi connectivity index (χ3v) is 6.33. The molecule has 1 saturated carbocycles. The van der Waals surface area contributed by atoms with E-state index in [9.17, 15) is 4.79 Å². The predicted octanol–water partition coefficient (Wildman–Crippen LogP) is 2.71. The Hall–Kier alpha value is -2.61. The summed E-state index contributed by atoms with van der Waals surface area (Å²) in [5.41, 5.74) is 12.7. The number of fused-ring (bicyclic) bond motifs is 1. The monoisotopic (exact) mass is 384 g/mol. The van der Waals surface area contributed by atoms with E-state index < -0.39 is 5.66 Å². The van der Waals surface area contributed by atoms with Crippen molar-refractivity contribution in [2.45, 2.75) is 37.8 Å². The number of amides is 1. The molecule has 1 aliphatic carbocycles. The van der Waals surface area contributed by atoms with Gasteiger partial charge in [-0.15, -0.1) is 11.3 Å². The molecule has 1 spiro atoms. The Morgan fingerprint density at radius 1 is 1.19 bits per heavy atom. The van der Waals surface area contributed by atoms with E-state index in [1.807, 2.05) is 23.1 Å². The van der Waals surface area contributed by atoms with Gasteiger partial charge >= 0.3 is 0 Å². The number of aliphatic imine (C=N–C) groups is 2. The van der Waals surface area contributed by atoms with Crippen LogP contribution in [0.15, 0.2) is 34.3 Å². The highest BCUT2D eigenvalue weighted by molar-refractivity contribution is 7.20. The molecule has 2 aromatic rings. The average Bonchev–Trinajstić information content (AvgIpc) is 3.04. The second kappa shape index (κ2) is 6.53. The molecule has 4 rings (SSSR count). The molecule has 1 amide bonds. The molecule has 7 nitrogen and oxygen atoms in total. The summed E-state index contributed by atoms with van der Waals surface area (Å²) in [7, 11) is 3.52. The van der Waals surface area contributed by atoms with Gasteiger partial charge in [-0.25, -0.2) is 4.99 Å². The lowest BCUT2D eigenvalue weighted by molar-refractivity contribution is 0.0832. The maximum Gasteiger partial charge on any atom is 0.263 e. The number of carbonyl (C=O) groups is 1. The maximum absolute atomic E-state index is 12.3.